The molecule has 0 fully saturated rings. The van der Waals surface area contributed by atoms with Crippen LogP contribution in [0.1, 0.15) is 5.56 Å². The second-order valence-electron chi connectivity index (χ2n) is 4.19. The van der Waals surface area contributed by atoms with E-state index in [1.54, 1.807) is 6.07 Å². The Morgan fingerprint density at radius 2 is 1.96 bits per heavy atom. The molecule has 2 rings (SSSR count). The topological polar surface area (TPSA) is 133 Å². The number of nitro groups is 2. The van der Waals surface area contributed by atoms with E-state index in [9.17, 15) is 20.2 Å². The molecule has 1 heterocycles. The molecule has 0 bridgehead atoms. The number of nitrogens with one attached hydrogen (secondary N) is 1. The lowest BCUT2D eigenvalue weighted by Gasteiger charge is -2.02. The molecule has 10 nitrogen and oxygen atoms in total. The van der Waals surface area contributed by atoms with Gasteiger partial charge in [-0.2, -0.15) is 5.10 Å². The van der Waals surface area contributed by atoms with Gasteiger partial charge in [-0.3, -0.25) is 25.7 Å². The Labute approximate surface area is 129 Å². The van der Waals surface area contributed by atoms with Gasteiger partial charge in [-0.05, 0) is 18.2 Å². The van der Waals surface area contributed by atoms with E-state index < -0.39 is 9.85 Å². The number of hydrogen-bond donors (Lipinski definition) is 1. The minimum absolute atomic E-state index is 0.0308. The number of benzene rings is 1. The van der Waals surface area contributed by atoms with E-state index in [2.05, 4.69) is 15.5 Å². The maximum atomic E-state index is 10.9. The monoisotopic (exact) mass is 317 g/mol. The summed E-state index contributed by atoms with van der Waals surface area (Å²) in [5.41, 5.74) is 2.42. The molecular formula is C13H11N5O5. The summed E-state index contributed by atoms with van der Waals surface area (Å²) in [5.74, 6) is 0.0947. The van der Waals surface area contributed by atoms with E-state index in [1.165, 1.54) is 43.8 Å². The van der Waals surface area contributed by atoms with Crippen molar-refractivity contribution in [1.82, 2.24) is 4.98 Å². The molecule has 1 aromatic heterocycles. The molecule has 0 spiro atoms. The Hall–Kier alpha value is -3.56. The lowest BCUT2D eigenvalue weighted by atomic mass is 10.2. The fourth-order valence-corrected chi connectivity index (χ4v) is 1.73. The van der Waals surface area contributed by atoms with Gasteiger partial charge in [0.25, 0.3) is 0 Å². The van der Waals surface area contributed by atoms with Gasteiger partial charge in [-0.1, -0.05) is 0 Å². The highest BCUT2D eigenvalue weighted by Crippen LogP contribution is 2.27. The Morgan fingerprint density at radius 1 is 1.22 bits per heavy atom. The molecule has 0 saturated carbocycles. The van der Waals surface area contributed by atoms with Crippen molar-refractivity contribution >= 4 is 23.4 Å². The van der Waals surface area contributed by atoms with Crippen molar-refractivity contribution in [3.05, 3.63) is 62.3 Å². The van der Waals surface area contributed by atoms with Crippen LogP contribution in [0.5, 0.6) is 5.75 Å². The number of rotatable bonds is 6. The van der Waals surface area contributed by atoms with Gasteiger partial charge in [0.2, 0.25) is 5.82 Å². The molecule has 0 radical (unpaired) electrons. The maximum Gasteiger partial charge on any atom is 0.313 e. The van der Waals surface area contributed by atoms with Crippen LogP contribution < -0.4 is 10.2 Å². The number of nitrogens with zero attached hydrogens (tertiary/aromatic N) is 4. The minimum atomic E-state index is -0.594. The van der Waals surface area contributed by atoms with Crippen LogP contribution in [0, 0.1) is 20.2 Å². The van der Waals surface area contributed by atoms with Gasteiger partial charge in [0.1, 0.15) is 0 Å². The van der Waals surface area contributed by atoms with Crippen LogP contribution in [0.2, 0.25) is 0 Å². The number of methoxy groups -OCH3 is 1. The van der Waals surface area contributed by atoms with Crippen molar-refractivity contribution in [3.63, 3.8) is 0 Å². The average molecular weight is 317 g/mol. The Kier molecular flexibility index (Phi) is 4.77. The van der Waals surface area contributed by atoms with Gasteiger partial charge >= 0.3 is 11.4 Å². The number of pyridine rings is 1. The predicted octanol–water partition coefficient (Wildman–Crippen LogP) is 2.35. The van der Waals surface area contributed by atoms with Crippen LogP contribution in [0.25, 0.3) is 0 Å². The zero-order valence-corrected chi connectivity index (χ0v) is 11.9. The lowest BCUT2D eigenvalue weighted by Crippen LogP contribution is -1.99. The third-order valence-corrected chi connectivity index (χ3v) is 2.77. The van der Waals surface area contributed by atoms with Gasteiger partial charge in [0.15, 0.2) is 5.75 Å². The van der Waals surface area contributed by atoms with Crippen LogP contribution in [0.15, 0.2) is 41.6 Å². The highest BCUT2D eigenvalue weighted by Gasteiger charge is 2.15. The van der Waals surface area contributed by atoms with Gasteiger partial charge in [-0.15, -0.1) is 0 Å². The van der Waals surface area contributed by atoms with E-state index in [0.29, 0.717) is 5.56 Å². The van der Waals surface area contributed by atoms with E-state index in [4.69, 9.17) is 4.74 Å². The number of hydrogen-bond acceptors (Lipinski definition) is 8. The quantitative estimate of drug-likeness (QED) is 0.491. The van der Waals surface area contributed by atoms with E-state index in [0.717, 1.165) is 0 Å². The van der Waals surface area contributed by atoms with Crippen molar-refractivity contribution < 1.29 is 14.6 Å². The number of nitro benzene ring substituents is 1. The Bertz CT molecular complexity index is 777. The second-order valence-corrected chi connectivity index (χ2v) is 4.19. The fourth-order valence-electron chi connectivity index (χ4n) is 1.73. The molecule has 0 atom stereocenters. The SMILES string of the molecule is COc1ccc(/C=N\Nc2ncccc2[N+](=O)[O-])cc1[N+](=O)[O-]. The standard InChI is InChI=1S/C13H11N5O5/c1-23-12-5-4-9(7-11(12)18(21)22)8-15-16-13-10(17(19)20)3-2-6-14-13/h2-8H,1H3,(H,14,16)/b15-8-. The first-order valence-corrected chi connectivity index (χ1v) is 6.24. The normalized spacial score (nSPS) is 10.5. The van der Waals surface area contributed by atoms with Crippen molar-refractivity contribution in [2.75, 3.05) is 12.5 Å². The van der Waals surface area contributed by atoms with Gasteiger partial charge in [-0.25, -0.2) is 4.98 Å². The van der Waals surface area contributed by atoms with Crippen LogP contribution >= 0.6 is 0 Å². The lowest BCUT2D eigenvalue weighted by molar-refractivity contribution is -0.385. The summed E-state index contributed by atoms with van der Waals surface area (Å²) in [5, 5.41) is 25.6. The number of anilines is 1. The molecule has 0 aliphatic heterocycles. The number of ether oxygens (including phenoxy) is 1. The number of aromatic nitrogens is 1. The van der Waals surface area contributed by atoms with Crippen LogP contribution in [0.4, 0.5) is 17.2 Å². The molecule has 0 saturated heterocycles. The third kappa shape index (κ3) is 3.75. The molecule has 23 heavy (non-hydrogen) atoms. The Morgan fingerprint density at radius 3 is 2.61 bits per heavy atom. The molecule has 0 amide bonds. The van der Waals surface area contributed by atoms with Crippen LogP contribution in [-0.2, 0) is 0 Å². The van der Waals surface area contributed by atoms with Crippen molar-refractivity contribution in [2.24, 2.45) is 5.10 Å². The summed E-state index contributed by atoms with van der Waals surface area (Å²) in [4.78, 5) is 24.4. The first-order chi connectivity index (χ1) is 11.0. The molecule has 10 heteroatoms. The van der Waals surface area contributed by atoms with E-state index in [-0.39, 0.29) is 22.9 Å². The van der Waals surface area contributed by atoms with Gasteiger partial charge in [0, 0.05) is 23.9 Å². The third-order valence-electron chi connectivity index (χ3n) is 2.77. The fraction of sp³-hybridized carbons (Fsp3) is 0.0769. The van der Waals surface area contributed by atoms with Crippen LogP contribution in [0.3, 0.4) is 0 Å². The summed E-state index contributed by atoms with van der Waals surface area (Å²) in [6.45, 7) is 0. The first-order valence-electron chi connectivity index (χ1n) is 6.24. The van der Waals surface area contributed by atoms with Gasteiger partial charge in [0.05, 0.1) is 23.2 Å². The van der Waals surface area contributed by atoms with Crippen LogP contribution in [-0.4, -0.2) is 28.2 Å². The summed E-state index contributed by atoms with van der Waals surface area (Å²) in [6.07, 6.45) is 2.66. The molecule has 118 valence electrons. The second kappa shape index (κ2) is 6.93. The summed E-state index contributed by atoms with van der Waals surface area (Å²) < 4.78 is 4.89. The molecule has 0 aliphatic rings. The molecule has 0 aliphatic carbocycles. The summed E-state index contributed by atoms with van der Waals surface area (Å²) in [7, 11) is 1.33. The summed E-state index contributed by atoms with van der Waals surface area (Å²) >= 11 is 0. The highest BCUT2D eigenvalue weighted by molar-refractivity contribution is 5.82. The smallest absolute Gasteiger partial charge is 0.313 e. The zero-order chi connectivity index (χ0) is 16.8. The van der Waals surface area contributed by atoms with Gasteiger partial charge < -0.3 is 4.74 Å². The molecule has 1 aromatic carbocycles. The zero-order valence-electron chi connectivity index (χ0n) is 11.9. The average Bonchev–Trinajstić information content (AvgIpc) is 2.55. The van der Waals surface area contributed by atoms with E-state index >= 15 is 0 Å². The molecule has 1 N–H and O–H groups in total. The molecule has 0 unspecified atom stereocenters. The maximum absolute atomic E-state index is 10.9. The molecule has 2 aromatic rings. The summed E-state index contributed by atoms with van der Waals surface area (Å²) in [6, 6.07) is 6.98. The predicted molar refractivity (Wildman–Crippen MR) is 81.8 cm³/mol. The molecular weight excluding hydrogens is 306 g/mol. The number of hydrazone groups is 1. The minimum Gasteiger partial charge on any atom is -0.490 e. The largest absolute Gasteiger partial charge is 0.490 e. The highest BCUT2D eigenvalue weighted by atomic mass is 16.6. The Balaban J connectivity index is 2.20. The van der Waals surface area contributed by atoms with Crippen molar-refractivity contribution in [1.29, 1.82) is 0 Å². The van der Waals surface area contributed by atoms with E-state index in [1.807, 2.05) is 0 Å². The van der Waals surface area contributed by atoms with Crippen molar-refractivity contribution in [3.8, 4) is 5.75 Å². The first kappa shape index (κ1) is 15.8. The van der Waals surface area contributed by atoms with Crippen molar-refractivity contribution in [2.45, 2.75) is 0 Å².